The molecule has 0 aliphatic rings. The maximum Gasteiger partial charge on any atom is 0.337 e. The first-order valence-electron chi connectivity index (χ1n) is 7.07. The topological polar surface area (TPSA) is 67.4 Å². The fourth-order valence-corrected chi connectivity index (χ4v) is 1.87. The Kier molecular flexibility index (Phi) is 5.52. The van der Waals surface area contributed by atoms with Crippen LogP contribution in [0.3, 0.4) is 0 Å². The number of urea groups is 1. The van der Waals surface area contributed by atoms with E-state index in [0.717, 1.165) is 5.56 Å². The lowest BCUT2D eigenvalue weighted by atomic mass is 10.1. The molecular weight excluding hydrogens is 292 g/mol. The van der Waals surface area contributed by atoms with E-state index in [1.165, 1.54) is 12.7 Å². The van der Waals surface area contributed by atoms with Crippen LogP contribution < -0.4 is 10.6 Å². The summed E-state index contributed by atoms with van der Waals surface area (Å²) in [5, 5.41) is 5.29. The molecule has 0 aliphatic heterocycles. The second-order valence-corrected chi connectivity index (χ2v) is 4.91. The van der Waals surface area contributed by atoms with E-state index in [1.807, 2.05) is 31.2 Å². The Morgan fingerprint density at radius 3 is 2.26 bits per heavy atom. The summed E-state index contributed by atoms with van der Waals surface area (Å²) >= 11 is 0. The third-order valence-electron chi connectivity index (χ3n) is 3.13. The molecule has 5 nitrogen and oxygen atoms in total. The summed E-state index contributed by atoms with van der Waals surface area (Å²) in [7, 11) is 1.32. The van der Waals surface area contributed by atoms with Gasteiger partial charge in [0.05, 0.1) is 12.7 Å². The van der Waals surface area contributed by atoms with Gasteiger partial charge in [0.2, 0.25) is 0 Å². The van der Waals surface area contributed by atoms with Gasteiger partial charge in [-0.05, 0) is 42.8 Å². The number of hydrogen-bond acceptors (Lipinski definition) is 3. The maximum atomic E-state index is 11.8. The Hall–Kier alpha value is -3.08. The number of benzene rings is 2. The number of hydrogen-bond donors (Lipinski definition) is 2. The summed E-state index contributed by atoms with van der Waals surface area (Å²) in [4.78, 5) is 23.1. The van der Waals surface area contributed by atoms with E-state index in [0.29, 0.717) is 11.3 Å². The molecule has 0 saturated heterocycles. The van der Waals surface area contributed by atoms with E-state index in [4.69, 9.17) is 0 Å². The highest BCUT2D eigenvalue weighted by Gasteiger charge is 2.05. The first-order chi connectivity index (χ1) is 11.1. The van der Waals surface area contributed by atoms with Crippen molar-refractivity contribution in [2.45, 2.75) is 6.92 Å². The number of esters is 1. The normalized spacial score (nSPS) is 10.3. The van der Waals surface area contributed by atoms with Crippen molar-refractivity contribution >= 4 is 23.8 Å². The van der Waals surface area contributed by atoms with Crippen LogP contribution in [0.5, 0.6) is 0 Å². The zero-order chi connectivity index (χ0) is 16.7. The van der Waals surface area contributed by atoms with Crippen molar-refractivity contribution < 1.29 is 14.3 Å². The monoisotopic (exact) mass is 310 g/mol. The fraction of sp³-hybridized carbons (Fsp3) is 0.111. The summed E-state index contributed by atoms with van der Waals surface area (Å²) in [5.41, 5.74) is 3.19. The van der Waals surface area contributed by atoms with Gasteiger partial charge in [-0.25, -0.2) is 9.59 Å². The molecular formula is C18H18N2O3. The summed E-state index contributed by atoms with van der Waals surface area (Å²) in [5.74, 6) is -0.415. The second-order valence-electron chi connectivity index (χ2n) is 4.91. The number of carbonyl (C=O) groups excluding carboxylic acids is 2. The minimum Gasteiger partial charge on any atom is -0.465 e. The molecule has 0 heterocycles. The number of amides is 2. The Morgan fingerprint density at radius 2 is 1.65 bits per heavy atom. The van der Waals surface area contributed by atoms with Crippen LogP contribution in [-0.4, -0.2) is 19.1 Å². The molecule has 0 radical (unpaired) electrons. The highest BCUT2D eigenvalue weighted by Crippen LogP contribution is 2.10. The van der Waals surface area contributed by atoms with Crippen LogP contribution in [0.1, 0.15) is 21.5 Å². The minimum absolute atomic E-state index is 0.362. The van der Waals surface area contributed by atoms with Crippen LogP contribution in [0.15, 0.2) is 54.7 Å². The van der Waals surface area contributed by atoms with Gasteiger partial charge in [-0.2, -0.15) is 0 Å². The van der Waals surface area contributed by atoms with Crippen LogP contribution in [-0.2, 0) is 4.74 Å². The second kappa shape index (κ2) is 7.79. The van der Waals surface area contributed by atoms with Crippen molar-refractivity contribution in [1.82, 2.24) is 5.32 Å². The number of aryl methyl sites for hydroxylation is 1. The molecule has 0 fully saturated rings. The SMILES string of the molecule is COC(=O)c1ccc(NC(=O)N/C=C/c2ccc(C)cc2)cc1. The van der Waals surface area contributed by atoms with E-state index >= 15 is 0 Å². The number of anilines is 1. The van der Waals surface area contributed by atoms with Crippen LogP contribution in [0.25, 0.3) is 6.08 Å². The summed E-state index contributed by atoms with van der Waals surface area (Å²) in [6, 6.07) is 14.0. The zero-order valence-electron chi connectivity index (χ0n) is 13.0. The quantitative estimate of drug-likeness (QED) is 0.848. The predicted octanol–water partition coefficient (Wildman–Crippen LogP) is 3.57. The number of rotatable bonds is 4. The largest absolute Gasteiger partial charge is 0.465 e. The molecule has 0 bridgehead atoms. The molecule has 118 valence electrons. The molecule has 0 spiro atoms. The van der Waals surface area contributed by atoms with Crippen LogP contribution in [0.2, 0.25) is 0 Å². The molecule has 2 rings (SSSR count). The third kappa shape index (κ3) is 5.00. The summed E-state index contributed by atoms with van der Waals surface area (Å²) in [6.07, 6.45) is 3.38. The Balaban J connectivity index is 1.87. The van der Waals surface area contributed by atoms with Gasteiger partial charge in [0.1, 0.15) is 0 Å². The van der Waals surface area contributed by atoms with Gasteiger partial charge >= 0.3 is 12.0 Å². The van der Waals surface area contributed by atoms with E-state index in [1.54, 1.807) is 36.5 Å². The summed E-state index contributed by atoms with van der Waals surface area (Å²) < 4.78 is 4.61. The molecule has 0 atom stereocenters. The van der Waals surface area contributed by atoms with Crippen molar-refractivity contribution in [3.05, 3.63) is 71.4 Å². The van der Waals surface area contributed by atoms with E-state index in [9.17, 15) is 9.59 Å². The lowest BCUT2D eigenvalue weighted by molar-refractivity contribution is 0.0601. The van der Waals surface area contributed by atoms with Gasteiger partial charge < -0.3 is 15.4 Å². The van der Waals surface area contributed by atoms with Crippen molar-refractivity contribution in [2.75, 3.05) is 12.4 Å². The number of ether oxygens (including phenoxy) is 1. The Labute approximate surface area is 135 Å². The minimum atomic E-state index is -0.415. The molecule has 2 aromatic rings. The molecule has 0 aromatic heterocycles. The van der Waals surface area contributed by atoms with Gasteiger partial charge in [-0.1, -0.05) is 29.8 Å². The predicted molar refractivity (Wildman–Crippen MR) is 90.1 cm³/mol. The molecule has 2 N–H and O–H groups in total. The smallest absolute Gasteiger partial charge is 0.337 e. The van der Waals surface area contributed by atoms with E-state index in [-0.39, 0.29) is 6.03 Å². The van der Waals surface area contributed by atoms with Crippen LogP contribution in [0.4, 0.5) is 10.5 Å². The van der Waals surface area contributed by atoms with Gasteiger partial charge in [-0.15, -0.1) is 0 Å². The van der Waals surface area contributed by atoms with Crippen LogP contribution in [0, 0.1) is 6.92 Å². The standard InChI is InChI=1S/C18H18N2O3/c1-13-3-5-14(6-4-13)11-12-19-18(22)20-16-9-7-15(8-10-16)17(21)23-2/h3-12H,1-2H3,(H2,19,20,22)/b12-11+. The first kappa shape index (κ1) is 16.3. The molecule has 2 amide bonds. The Bertz CT molecular complexity index is 704. The lowest BCUT2D eigenvalue weighted by Crippen LogP contribution is -2.23. The first-order valence-corrected chi connectivity index (χ1v) is 7.07. The molecule has 0 unspecified atom stereocenters. The van der Waals surface area contributed by atoms with Gasteiger partial charge in [-0.3, -0.25) is 0 Å². The highest BCUT2D eigenvalue weighted by atomic mass is 16.5. The molecule has 0 saturated carbocycles. The van der Waals surface area contributed by atoms with Gasteiger partial charge in [0, 0.05) is 11.9 Å². The van der Waals surface area contributed by atoms with E-state index < -0.39 is 5.97 Å². The average Bonchev–Trinajstić information content (AvgIpc) is 2.56. The Morgan fingerprint density at radius 1 is 1.00 bits per heavy atom. The number of nitrogens with one attached hydrogen (secondary N) is 2. The van der Waals surface area contributed by atoms with Crippen molar-refractivity contribution in [1.29, 1.82) is 0 Å². The molecule has 2 aromatic carbocycles. The van der Waals surface area contributed by atoms with Crippen molar-refractivity contribution in [3.8, 4) is 0 Å². The molecule has 5 heteroatoms. The maximum absolute atomic E-state index is 11.8. The van der Waals surface area contributed by atoms with Crippen molar-refractivity contribution in [3.63, 3.8) is 0 Å². The van der Waals surface area contributed by atoms with E-state index in [2.05, 4.69) is 15.4 Å². The number of carbonyl (C=O) groups is 2. The molecule has 0 aliphatic carbocycles. The molecule has 23 heavy (non-hydrogen) atoms. The average molecular weight is 310 g/mol. The van der Waals surface area contributed by atoms with Gasteiger partial charge in [0.15, 0.2) is 0 Å². The third-order valence-corrected chi connectivity index (χ3v) is 3.13. The van der Waals surface area contributed by atoms with Crippen molar-refractivity contribution in [2.24, 2.45) is 0 Å². The fourth-order valence-electron chi connectivity index (χ4n) is 1.87. The summed E-state index contributed by atoms with van der Waals surface area (Å²) in [6.45, 7) is 2.02. The zero-order valence-corrected chi connectivity index (χ0v) is 13.0. The number of methoxy groups -OCH3 is 1. The highest BCUT2D eigenvalue weighted by molar-refractivity contribution is 5.92. The van der Waals surface area contributed by atoms with Crippen LogP contribution >= 0.6 is 0 Å². The lowest BCUT2D eigenvalue weighted by Gasteiger charge is -2.05. The van der Waals surface area contributed by atoms with Gasteiger partial charge in [0.25, 0.3) is 0 Å².